The molecule has 4 rings (SSSR count). The number of amides is 3. The number of anilines is 3. The average Bonchev–Trinajstić information content (AvgIpc) is 3.02. The minimum atomic E-state index is -0.614. The first-order chi connectivity index (χ1) is 16.2. The van der Waals surface area contributed by atoms with Crippen molar-refractivity contribution in [1.29, 1.82) is 0 Å². The SMILES string of the molecule is Cc1cccc(N2C(=O)C(Cl)=C(Nc3ccc(C(=O)Nc4ccc(F)c(Cl)c4)cc3)C2=O)c1C. The average molecular weight is 498 g/mol. The van der Waals surface area contributed by atoms with E-state index in [-0.39, 0.29) is 15.8 Å². The molecular formula is C25H18Cl2FN3O3. The van der Waals surface area contributed by atoms with Gasteiger partial charge in [-0.25, -0.2) is 9.29 Å². The molecule has 1 aliphatic rings. The highest BCUT2D eigenvalue weighted by Gasteiger charge is 2.39. The third-order valence-electron chi connectivity index (χ3n) is 5.44. The van der Waals surface area contributed by atoms with E-state index in [0.29, 0.717) is 22.6 Å². The van der Waals surface area contributed by atoms with E-state index in [2.05, 4.69) is 10.6 Å². The Morgan fingerprint density at radius 3 is 2.26 bits per heavy atom. The molecule has 0 radical (unpaired) electrons. The molecular weight excluding hydrogens is 480 g/mol. The van der Waals surface area contributed by atoms with Crippen LogP contribution in [0, 0.1) is 19.7 Å². The van der Waals surface area contributed by atoms with Crippen LogP contribution in [0.15, 0.2) is 71.4 Å². The van der Waals surface area contributed by atoms with Crippen molar-refractivity contribution in [2.45, 2.75) is 13.8 Å². The van der Waals surface area contributed by atoms with Gasteiger partial charge in [-0.3, -0.25) is 14.4 Å². The zero-order chi connectivity index (χ0) is 24.6. The van der Waals surface area contributed by atoms with E-state index in [4.69, 9.17) is 23.2 Å². The van der Waals surface area contributed by atoms with Gasteiger partial charge in [0.05, 0.1) is 10.7 Å². The third-order valence-corrected chi connectivity index (χ3v) is 6.08. The summed E-state index contributed by atoms with van der Waals surface area (Å²) in [6, 6.07) is 15.4. The predicted molar refractivity (Wildman–Crippen MR) is 131 cm³/mol. The molecule has 3 aromatic rings. The Balaban J connectivity index is 1.50. The summed E-state index contributed by atoms with van der Waals surface area (Å²) in [5.74, 6) is -2.20. The summed E-state index contributed by atoms with van der Waals surface area (Å²) in [7, 11) is 0. The highest BCUT2D eigenvalue weighted by molar-refractivity contribution is 6.53. The number of imide groups is 1. The number of halogens is 3. The van der Waals surface area contributed by atoms with Gasteiger partial charge in [0.15, 0.2) is 0 Å². The largest absolute Gasteiger partial charge is 0.350 e. The number of nitrogens with one attached hydrogen (secondary N) is 2. The molecule has 1 aliphatic heterocycles. The van der Waals surface area contributed by atoms with Gasteiger partial charge in [-0.1, -0.05) is 35.3 Å². The molecule has 0 saturated heterocycles. The van der Waals surface area contributed by atoms with Gasteiger partial charge >= 0.3 is 0 Å². The smallest absolute Gasteiger partial charge is 0.283 e. The second-order valence-electron chi connectivity index (χ2n) is 7.64. The van der Waals surface area contributed by atoms with Gasteiger partial charge < -0.3 is 10.6 Å². The summed E-state index contributed by atoms with van der Waals surface area (Å²) in [6.45, 7) is 3.72. The Kier molecular flexibility index (Phi) is 6.41. The quantitative estimate of drug-likeness (QED) is 0.437. The Morgan fingerprint density at radius 1 is 0.912 bits per heavy atom. The summed E-state index contributed by atoms with van der Waals surface area (Å²) in [6.07, 6.45) is 0. The number of nitrogens with zero attached hydrogens (tertiary/aromatic N) is 1. The molecule has 0 aromatic heterocycles. The lowest BCUT2D eigenvalue weighted by molar-refractivity contribution is -0.120. The van der Waals surface area contributed by atoms with Crippen LogP contribution in [0.3, 0.4) is 0 Å². The summed E-state index contributed by atoms with van der Waals surface area (Å²) in [5.41, 5.74) is 3.27. The maximum absolute atomic E-state index is 13.3. The summed E-state index contributed by atoms with van der Waals surface area (Å²) in [4.78, 5) is 39.3. The van der Waals surface area contributed by atoms with Crippen LogP contribution in [0.2, 0.25) is 5.02 Å². The number of rotatable bonds is 5. The van der Waals surface area contributed by atoms with Gasteiger partial charge in [-0.2, -0.15) is 0 Å². The van der Waals surface area contributed by atoms with Crippen LogP contribution < -0.4 is 15.5 Å². The number of carbonyl (C=O) groups excluding carboxylic acids is 3. The molecule has 0 unspecified atom stereocenters. The molecule has 0 atom stereocenters. The van der Waals surface area contributed by atoms with Crippen molar-refractivity contribution >= 4 is 58.0 Å². The number of hydrogen-bond donors (Lipinski definition) is 2. The van der Waals surface area contributed by atoms with Crippen molar-refractivity contribution in [3.63, 3.8) is 0 Å². The first-order valence-corrected chi connectivity index (χ1v) is 10.9. The minimum Gasteiger partial charge on any atom is -0.350 e. The molecule has 0 bridgehead atoms. The number of hydrogen-bond acceptors (Lipinski definition) is 4. The van der Waals surface area contributed by atoms with E-state index in [9.17, 15) is 18.8 Å². The predicted octanol–water partition coefficient (Wildman–Crippen LogP) is 5.78. The van der Waals surface area contributed by atoms with Crippen LogP contribution in [0.25, 0.3) is 0 Å². The zero-order valence-electron chi connectivity index (χ0n) is 18.1. The maximum atomic E-state index is 13.3. The van der Waals surface area contributed by atoms with Crippen molar-refractivity contribution < 1.29 is 18.8 Å². The van der Waals surface area contributed by atoms with Gasteiger partial charge in [0, 0.05) is 16.9 Å². The lowest BCUT2D eigenvalue weighted by atomic mass is 10.1. The first-order valence-electron chi connectivity index (χ1n) is 10.2. The van der Waals surface area contributed by atoms with E-state index in [0.717, 1.165) is 22.1 Å². The molecule has 0 saturated carbocycles. The van der Waals surface area contributed by atoms with Crippen LogP contribution in [-0.2, 0) is 9.59 Å². The zero-order valence-corrected chi connectivity index (χ0v) is 19.6. The molecule has 9 heteroatoms. The summed E-state index contributed by atoms with van der Waals surface area (Å²) >= 11 is 11.9. The standard InChI is InChI=1S/C25H18Cl2FN3O3/c1-13-4-3-5-20(14(13)2)31-24(33)21(27)22(25(31)34)29-16-8-6-15(7-9-16)23(32)30-17-10-11-19(28)18(26)12-17/h3-12,29H,1-2H3,(H,30,32). The molecule has 34 heavy (non-hydrogen) atoms. The van der Waals surface area contributed by atoms with E-state index in [1.807, 2.05) is 19.9 Å². The fourth-order valence-corrected chi connectivity index (χ4v) is 3.83. The topological polar surface area (TPSA) is 78.5 Å². The molecule has 6 nitrogen and oxygen atoms in total. The lowest BCUT2D eigenvalue weighted by Gasteiger charge is -2.18. The molecule has 0 aliphatic carbocycles. The van der Waals surface area contributed by atoms with Gasteiger partial charge in [0.1, 0.15) is 16.5 Å². The highest BCUT2D eigenvalue weighted by Crippen LogP contribution is 2.33. The summed E-state index contributed by atoms with van der Waals surface area (Å²) < 4.78 is 13.3. The number of benzene rings is 3. The lowest BCUT2D eigenvalue weighted by Crippen LogP contribution is -2.33. The van der Waals surface area contributed by atoms with E-state index in [1.54, 1.807) is 24.3 Å². The van der Waals surface area contributed by atoms with E-state index in [1.165, 1.54) is 24.3 Å². The van der Waals surface area contributed by atoms with Crippen LogP contribution >= 0.6 is 23.2 Å². The Labute approximate surface area is 205 Å². The molecule has 2 N–H and O–H groups in total. The summed E-state index contributed by atoms with van der Waals surface area (Å²) in [5, 5.41) is 5.18. The van der Waals surface area contributed by atoms with Crippen LogP contribution in [-0.4, -0.2) is 17.7 Å². The fraction of sp³-hybridized carbons (Fsp3) is 0.0800. The van der Waals surface area contributed by atoms with Crippen molar-refractivity contribution in [1.82, 2.24) is 0 Å². The Morgan fingerprint density at radius 2 is 1.59 bits per heavy atom. The van der Waals surface area contributed by atoms with Gasteiger partial charge in [-0.05, 0) is 73.5 Å². The van der Waals surface area contributed by atoms with Crippen molar-refractivity contribution in [2.24, 2.45) is 0 Å². The minimum absolute atomic E-state index is 0.0503. The molecule has 0 spiro atoms. The second kappa shape index (κ2) is 9.29. The monoisotopic (exact) mass is 497 g/mol. The second-order valence-corrected chi connectivity index (χ2v) is 8.42. The fourth-order valence-electron chi connectivity index (χ4n) is 3.43. The van der Waals surface area contributed by atoms with Crippen LogP contribution in [0.1, 0.15) is 21.5 Å². The van der Waals surface area contributed by atoms with Crippen molar-refractivity contribution in [3.8, 4) is 0 Å². The van der Waals surface area contributed by atoms with Crippen molar-refractivity contribution in [3.05, 3.63) is 98.9 Å². The number of aryl methyl sites for hydroxylation is 1. The van der Waals surface area contributed by atoms with E-state index >= 15 is 0 Å². The van der Waals surface area contributed by atoms with E-state index < -0.39 is 23.5 Å². The number of carbonyl (C=O) groups is 3. The molecule has 1 heterocycles. The molecule has 3 aromatic carbocycles. The Bertz CT molecular complexity index is 1370. The van der Waals surface area contributed by atoms with Crippen LogP contribution in [0.5, 0.6) is 0 Å². The van der Waals surface area contributed by atoms with Gasteiger partial charge in [0.25, 0.3) is 17.7 Å². The molecule has 3 amide bonds. The Hall–Kier alpha value is -3.68. The highest BCUT2D eigenvalue weighted by atomic mass is 35.5. The molecule has 172 valence electrons. The van der Waals surface area contributed by atoms with Gasteiger partial charge in [0.2, 0.25) is 0 Å². The third kappa shape index (κ3) is 4.40. The normalized spacial score (nSPS) is 13.5. The first kappa shape index (κ1) is 23.5. The molecule has 0 fully saturated rings. The van der Waals surface area contributed by atoms with Crippen molar-refractivity contribution in [2.75, 3.05) is 15.5 Å². The van der Waals surface area contributed by atoms with Crippen LogP contribution in [0.4, 0.5) is 21.5 Å². The van der Waals surface area contributed by atoms with Gasteiger partial charge in [-0.15, -0.1) is 0 Å². The maximum Gasteiger partial charge on any atom is 0.283 e.